The van der Waals surface area contributed by atoms with Gasteiger partial charge in [-0.15, -0.1) is 0 Å². The minimum absolute atomic E-state index is 0.220. The van der Waals surface area contributed by atoms with Crippen molar-refractivity contribution in [2.24, 2.45) is 0 Å². The van der Waals surface area contributed by atoms with Gasteiger partial charge in [0.1, 0.15) is 16.3 Å². The van der Waals surface area contributed by atoms with Gasteiger partial charge in [-0.3, -0.25) is 4.79 Å². The summed E-state index contributed by atoms with van der Waals surface area (Å²) in [6.45, 7) is 5.65. The first-order chi connectivity index (χ1) is 13.9. The van der Waals surface area contributed by atoms with Gasteiger partial charge in [0, 0.05) is 5.69 Å². The fourth-order valence-corrected chi connectivity index (χ4v) is 4.49. The molecule has 0 unspecified atom stereocenters. The summed E-state index contributed by atoms with van der Waals surface area (Å²) in [6.07, 6.45) is 0. The van der Waals surface area contributed by atoms with Crippen LogP contribution in [0.3, 0.4) is 0 Å². The van der Waals surface area contributed by atoms with Crippen LogP contribution >= 0.6 is 23.4 Å². The molecule has 0 saturated heterocycles. The van der Waals surface area contributed by atoms with Crippen LogP contribution in [0, 0.1) is 32.1 Å². The summed E-state index contributed by atoms with van der Waals surface area (Å²) in [4.78, 5) is 17.8. The molecule has 6 heteroatoms. The summed E-state index contributed by atoms with van der Waals surface area (Å²) < 4.78 is 0. The van der Waals surface area contributed by atoms with E-state index in [2.05, 4.69) is 16.4 Å². The molecule has 0 bridgehead atoms. The highest BCUT2D eigenvalue weighted by molar-refractivity contribution is 8.00. The number of hydrogen-bond acceptors (Lipinski definition) is 4. The van der Waals surface area contributed by atoms with Gasteiger partial charge in [-0.25, -0.2) is 4.98 Å². The van der Waals surface area contributed by atoms with E-state index < -0.39 is 5.25 Å². The predicted octanol–water partition coefficient (Wildman–Crippen LogP) is 6.00. The number of para-hydroxylation sites is 1. The Labute approximate surface area is 179 Å². The van der Waals surface area contributed by atoms with Crippen LogP contribution in [0.5, 0.6) is 0 Å². The van der Waals surface area contributed by atoms with Gasteiger partial charge in [0.05, 0.1) is 16.3 Å². The first-order valence-corrected chi connectivity index (χ1v) is 10.3. The lowest BCUT2D eigenvalue weighted by Crippen LogP contribution is -2.20. The van der Waals surface area contributed by atoms with Crippen LogP contribution in [-0.4, -0.2) is 10.9 Å². The second-order valence-electron chi connectivity index (χ2n) is 6.70. The van der Waals surface area contributed by atoms with Crippen molar-refractivity contribution >= 4 is 35.0 Å². The van der Waals surface area contributed by atoms with E-state index in [1.54, 1.807) is 6.07 Å². The van der Waals surface area contributed by atoms with E-state index in [0.717, 1.165) is 22.4 Å². The second-order valence-corrected chi connectivity index (χ2v) is 8.20. The molecule has 2 aromatic carbocycles. The topological polar surface area (TPSA) is 65.8 Å². The zero-order valence-corrected chi connectivity index (χ0v) is 17.9. The van der Waals surface area contributed by atoms with E-state index in [9.17, 15) is 10.1 Å². The Morgan fingerprint density at radius 1 is 1.10 bits per heavy atom. The average molecular weight is 422 g/mol. The minimum atomic E-state index is -0.590. The third kappa shape index (κ3) is 4.79. The molecule has 4 nitrogen and oxygen atoms in total. The third-order valence-electron chi connectivity index (χ3n) is 4.46. The molecule has 3 rings (SSSR count). The van der Waals surface area contributed by atoms with Gasteiger partial charge in [0.2, 0.25) is 5.91 Å². The Balaban J connectivity index is 2.01. The fourth-order valence-electron chi connectivity index (χ4n) is 3.02. The lowest BCUT2D eigenvalue weighted by Gasteiger charge is -2.19. The van der Waals surface area contributed by atoms with E-state index in [1.165, 1.54) is 11.8 Å². The molecule has 0 aliphatic rings. The Hall–Kier alpha value is -2.81. The van der Waals surface area contributed by atoms with Gasteiger partial charge in [0.25, 0.3) is 0 Å². The second kappa shape index (κ2) is 9.13. The molecular weight excluding hydrogens is 402 g/mol. The predicted molar refractivity (Wildman–Crippen MR) is 118 cm³/mol. The molecule has 1 atom stereocenters. The molecule has 29 heavy (non-hydrogen) atoms. The Morgan fingerprint density at radius 3 is 2.48 bits per heavy atom. The molecule has 1 aromatic heterocycles. The maximum Gasteiger partial charge on any atom is 0.242 e. The molecule has 0 spiro atoms. The summed E-state index contributed by atoms with van der Waals surface area (Å²) in [5, 5.41) is 13.0. The molecule has 1 N–H and O–H groups in total. The highest BCUT2D eigenvalue weighted by Gasteiger charge is 2.25. The molecule has 0 radical (unpaired) electrons. The number of aryl methyl sites for hydroxylation is 3. The summed E-state index contributed by atoms with van der Waals surface area (Å²) >= 11 is 7.57. The van der Waals surface area contributed by atoms with E-state index in [4.69, 9.17) is 11.6 Å². The Bertz CT molecular complexity index is 1070. The lowest BCUT2D eigenvalue weighted by molar-refractivity contribution is -0.115. The monoisotopic (exact) mass is 421 g/mol. The van der Waals surface area contributed by atoms with E-state index >= 15 is 0 Å². The minimum Gasteiger partial charge on any atom is -0.323 e. The van der Waals surface area contributed by atoms with Crippen LogP contribution in [0.25, 0.3) is 0 Å². The number of rotatable bonds is 5. The number of hydrogen-bond donors (Lipinski definition) is 1. The maximum atomic E-state index is 13.3. The van der Waals surface area contributed by atoms with Gasteiger partial charge >= 0.3 is 0 Å². The number of pyridine rings is 1. The Morgan fingerprint density at radius 2 is 1.83 bits per heavy atom. The molecular formula is C23H20ClN3OS. The fraction of sp³-hybridized carbons (Fsp3) is 0.174. The van der Waals surface area contributed by atoms with Crippen molar-refractivity contribution in [3.05, 3.63) is 87.6 Å². The molecule has 0 aliphatic heterocycles. The molecule has 1 heterocycles. The molecule has 1 amide bonds. The number of anilines is 1. The van der Waals surface area contributed by atoms with Crippen molar-refractivity contribution in [2.45, 2.75) is 31.0 Å². The van der Waals surface area contributed by atoms with Crippen molar-refractivity contribution in [1.29, 1.82) is 5.26 Å². The average Bonchev–Trinajstić information content (AvgIpc) is 2.69. The summed E-state index contributed by atoms with van der Waals surface area (Å²) in [6, 6.07) is 19.0. The number of benzene rings is 2. The van der Waals surface area contributed by atoms with Crippen molar-refractivity contribution in [3.63, 3.8) is 0 Å². The zero-order valence-electron chi connectivity index (χ0n) is 16.4. The molecule has 3 aromatic rings. The van der Waals surface area contributed by atoms with Gasteiger partial charge in [-0.05, 0) is 49.6 Å². The van der Waals surface area contributed by atoms with Crippen LogP contribution in [-0.2, 0) is 4.79 Å². The highest BCUT2D eigenvalue weighted by Crippen LogP contribution is 2.38. The first-order valence-electron chi connectivity index (χ1n) is 9.06. The normalized spacial score (nSPS) is 11.6. The number of amides is 1. The maximum absolute atomic E-state index is 13.3. The van der Waals surface area contributed by atoms with Gasteiger partial charge in [-0.1, -0.05) is 65.8 Å². The largest absolute Gasteiger partial charge is 0.323 e. The number of nitriles is 1. The van der Waals surface area contributed by atoms with Crippen molar-refractivity contribution < 1.29 is 4.79 Å². The van der Waals surface area contributed by atoms with E-state index in [-0.39, 0.29) is 5.91 Å². The van der Waals surface area contributed by atoms with Crippen LogP contribution in [0.2, 0.25) is 5.02 Å². The number of carbonyl (C=O) groups is 1. The first kappa shape index (κ1) is 20.9. The van der Waals surface area contributed by atoms with Crippen molar-refractivity contribution in [1.82, 2.24) is 4.98 Å². The van der Waals surface area contributed by atoms with Crippen molar-refractivity contribution in [3.8, 4) is 6.07 Å². The number of carbonyl (C=O) groups excluding carboxylic acids is 1. The SMILES string of the molecule is Cc1cc(C)c(C#N)c(S[C@@H](C(=O)Nc2c(C)cccc2Cl)c2ccccc2)n1. The van der Waals surface area contributed by atoms with Gasteiger partial charge < -0.3 is 5.32 Å². The number of halogens is 1. The van der Waals surface area contributed by atoms with E-state index in [1.807, 2.05) is 69.3 Å². The van der Waals surface area contributed by atoms with Crippen LogP contribution in [0.15, 0.2) is 59.6 Å². The quantitative estimate of drug-likeness (QED) is 0.512. The standard InChI is InChI=1S/C23H20ClN3OS/c1-14-8-7-11-19(24)20(14)27-22(28)21(17-9-5-4-6-10-17)29-23-18(13-25)15(2)12-16(3)26-23/h4-12,21H,1-3H3,(H,27,28)/t21-/m1/s1. The van der Waals surface area contributed by atoms with Crippen LogP contribution in [0.4, 0.5) is 5.69 Å². The van der Waals surface area contributed by atoms with Crippen LogP contribution < -0.4 is 5.32 Å². The van der Waals surface area contributed by atoms with Crippen LogP contribution in [0.1, 0.15) is 33.2 Å². The zero-order chi connectivity index (χ0) is 21.0. The molecule has 0 aliphatic carbocycles. The summed E-state index contributed by atoms with van der Waals surface area (Å²) in [5.41, 5.74) is 4.43. The van der Waals surface area contributed by atoms with Gasteiger partial charge in [-0.2, -0.15) is 5.26 Å². The Kier molecular flexibility index (Phi) is 6.58. The van der Waals surface area contributed by atoms with Gasteiger partial charge in [0.15, 0.2) is 0 Å². The molecule has 0 saturated carbocycles. The summed E-state index contributed by atoms with van der Waals surface area (Å²) in [5.74, 6) is -0.220. The lowest BCUT2D eigenvalue weighted by atomic mass is 10.1. The molecule has 146 valence electrons. The number of nitrogens with one attached hydrogen (secondary N) is 1. The smallest absolute Gasteiger partial charge is 0.242 e. The number of nitrogens with zero attached hydrogens (tertiary/aromatic N) is 2. The van der Waals surface area contributed by atoms with E-state index in [0.29, 0.717) is 21.3 Å². The van der Waals surface area contributed by atoms with Crippen molar-refractivity contribution in [2.75, 3.05) is 5.32 Å². The summed E-state index contributed by atoms with van der Waals surface area (Å²) in [7, 11) is 0. The number of thioether (sulfide) groups is 1. The third-order valence-corrected chi connectivity index (χ3v) is 6.02. The molecule has 0 fully saturated rings. The number of aromatic nitrogens is 1. The highest BCUT2D eigenvalue weighted by atomic mass is 35.5.